The number of likely N-dealkylation sites (tertiary alicyclic amines) is 1. The van der Waals surface area contributed by atoms with Gasteiger partial charge in [-0.25, -0.2) is 27.0 Å². The maximum atomic E-state index is 16.0. The Bertz CT molecular complexity index is 1730. The quantitative estimate of drug-likeness (QED) is 0.346. The molecule has 4 aliphatic heterocycles. The number of aromatic nitrogens is 1. The van der Waals surface area contributed by atoms with Crippen LogP contribution in [0.25, 0.3) is 0 Å². The molecular weight excluding hydrogens is 710 g/mol. The molecule has 0 unspecified atom stereocenters. The van der Waals surface area contributed by atoms with Crippen molar-refractivity contribution in [1.82, 2.24) is 19.5 Å². The highest BCUT2D eigenvalue weighted by atomic mass is 35.5. The Morgan fingerprint density at radius 1 is 1.04 bits per heavy atom. The number of hydrogen-bond donors (Lipinski definition) is 2. The van der Waals surface area contributed by atoms with Crippen molar-refractivity contribution in [2.75, 3.05) is 68.8 Å². The molecule has 13 nitrogen and oxygen atoms in total. The van der Waals surface area contributed by atoms with Crippen molar-refractivity contribution in [2.45, 2.75) is 74.0 Å². The number of amides is 2. The van der Waals surface area contributed by atoms with Crippen LogP contribution in [0.5, 0.6) is 5.75 Å². The third-order valence-corrected chi connectivity index (χ3v) is 12.9. The van der Waals surface area contributed by atoms with Crippen molar-refractivity contribution < 1.29 is 41.4 Å². The first-order chi connectivity index (χ1) is 24.4. The Morgan fingerprint density at radius 2 is 1.76 bits per heavy atom. The van der Waals surface area contributed by atoms with E-state index in [2.05, 4.69) is 15.2 Å². The van der Waals surface area contributed by atoms with Crippen LogP contribution in [-0.2, 0) is 25.5 Å². The van der Waals surface area contributed by atoms with E-state index in [1.165, 1.54) is 39.5 Å². The molecule has 0 radical (unpaired) electrons. The number of aliphatic hydroxyl groups is 1. The number of nitrogens with zero attached hydrogens (tertiary/aromatic N) is 5. The highest BCUT2D eigenvalue weighted by Gasteiger charge is 2.47. The molecule has 17 heteroatoms. The molecule has 2 atom stereocenters. The lowest BCUT2D eigenvalue weighted by Crippen LogP contribution is -2.49. The number of halogens is 3. The lowest BCUT2D eigenvalue weighted by Gasteiger charge is -2.36. The summed E-state index contributed by atoms with van der Waals surface area (Å²) >= 11 is 6.28. The SMILES string of the molecule is O=C(CCN1CCCC1)NC1CCC(C(F)(F)c2cc(Cl)nc(N3CCN(S(=O)(=O)c4ccc5c(c4)OC[C@@H]4[C@H](CO)OC(=O)N54)CC3)c2)CC1. The van der Waals surface area contributed by atoms with Crippen LogP contribution in [0.1, 0.15) is 50.5 Å². The number of piperazine rings is 1. The molecule has 2 aromatic rings. The number of cyclic esters (lactones) is 1. The summed E-state index contributed by atoms with van der Waals surface area (Å²) in [6.45, 7) is 3.00. The number of alkyl halides is 2. The second kappa shape index (κ2) is 14.6. The fourth-order valence-corrected chi connectivity index (χ4v) is 9.52. The van der Waals surface area contributed by atoms with Gasteiger partial charge in [0.1, 0.15) is 29.4 Å². The van der Waals surface area contributed by atoms with Crippen LogP contribution in [0.4, 0.5) is 25.1 Å². The maximum absolute atomic E-state index is 16.0. The van der Waals surface area contributed by atoms with E-state index < -0.39 is 40.1 Å². The van der Waals surface area contributed by atoms with E-state index in [1.54, 1.807) is 4.90 Å². The molecule has 4 fully saturated rings. The zero-order chi connectivity index (χ0) is 35.9. The van der Waals surface area contributed by atoms with Gasteiger partial charge in [0, 0.05) is 62.7 Å². The van der Waals surface area contributed by atoms with Crippen LogP contribution in [0.15, 0.2) is 35.2 Å². The van der Waals surface area contributed by atoms with Crippen LogP contribution < -0.4 is 19.9 Å². The predicted octanol–water partition coefficient (Wildman–Crippen LogP) is 3.58. The minimum atomic E-state index is -3.97. The summed E-state index contributed by atoms with van der Waals surface area (Å²) in [7, 11) is -3.97. The van der Waals surface area contributed by atoms with Crippen LogP contribution >= 0.6 is 11.6 Å². The number of ether oxygens (including phenoxy) is 2. The summed E-state index contributed by atoms with van der Waals surface area (Å²) in [5.74, 6) is -3.65. The monoisotopic (exact) mass is 752 g/mol. The number of carbonyl (C=O) groups is 2. The second-order valence-electron chi connectivity index (χ2n) is 13.9. The lowest BCUT2D eigenvalue weighted by atomic mass is 9.80. The number of sulfonamides is 1. The largest absolute Gasteiger partial charge is 0.489 e. The minimum Gasteiger partial charge on any atom is -0.489 e. The Morgan fingerprint density at radius 3 is 2.47 bits per heavy atom. The number of hydrogen-bond acceptors (Lipinski definition) is 10. The molecule has 278 valence electrons. The Hall–Kier alpha value is -3.31. The summed E-state index contributed by atoms with van der Waals surface area (Å²) < 4.78 is 71.5. The maximum Gasteiger partial charge on any atom is 0.415 e. The standard InChI is InChI=1S/C34H43ClF2N6O7S/c35-30-17-23(34(36,37)22-3-5-24(6-4-22)38-32(45)9-12-40-10-1-2-11-40)18-31(39-30)41-13-15-42(16-14-41)51(47,48)25-7-8-26-28(19-25)49-21-27-29(20-44)50-33(46)43(26)27/h7-8,17-19,22,24,27,29,44H,1-6,9-16,20-21H2,(H,38,45)/t22?,24?,27-,29+/m1/s1. The van der Waals surface area contributed by atoms with E-state index in [1.807, 2.05) is 0 Å². The van der Waals surface area contributed by atoms with Gasteiger partial charge in [-0.15, -0.1) is 0 Å². The van der Waals surface area contributed by atoms with Crippen molar-refractivity contribution in [3.05, 3.63) is 41.0 Å². The van der Waals surface area contributed by atoms with Crippen LogP contribution in [0.2, 0.25) is 5.15 Å². The summed E-state index contributed by atoms with van der Waals surface area (Å²) in [5, 5.41) is 12.5. The summed E-state index contributed by atoms with van der Waals surface area (Å²) in [6, 6.07) is 6.17. The van der Waals surface area contributed by atoms with Gasteiger partial charge >= 0.3 is 6.09 Å². The van der Waals surface area contributed by atoms with Gasteiger partial charge in [0.25, 0.3) is 5.92 Å². The fraction of sp³-hybridized carbons (Fsp3) is 0.618. The fourth-order valence-electron chi connectivity index (χ4n) is 7.87. The molecule has 2 amide bonds. The van der Waals surface area contributed by atoms with Crippen molar-refractivity contribution in [3.63, 3.8) is 0 Å². The molecule has 1 saturated carbocycles. The summed E-state index contributed by atoms with van der Waals surface area (Å²) in [5.41, 5.74) is 0.132. The number of pyridine rings is 1. The van der Waals surface area contributed by atoms with Gasteiger partial charge in [0.05, 0.1) is 17.2 Å². The predicted molar refractivity (Wildman–Crippen MR) is 184 cm³/mol. The minimum absolute atomic E-state index is 0.0152. The molecule has 0 spiro atoms. The lowest BCUT2D eigenvalue weighted by molar-refractivity contribution is -0.122. The van der Waals surface area contributed by atoms with Gasteiger partial charge in [-0.2, -0.15) is 4.31 Å². The molecule has 1 aliphatic carbocycles. The average Bonchev–Trinajstić information content (AvgIpc) is 3.78. The average molecular weight is 753 g/mol. The smallest absolute Gasteiger partial charge is 0.415 e. The van der Waals surface area contributed by atoms with Gasteiger partial charge < -0.3 is 29.7 Å². The van der Waals surface area contributed by atoms with Crippen LogP contribution in [0.3, 0.4) is 0 Å². The van der Waals surface area contributed by atoms with Gasteiger partial charge in [-0.3, -0.25) is 9.69 Å². The zero-order valence-electron chi connectivity index (χ0n) is 28.2. The normalized spacial score (nSPS) is 26.0. The second-order valence-corrected chi connectivity index (χ2v) is 16.3. The van der Waals surface area contributed by atoms with Gasteiger partial charge in [-0.05, 0) is 75.9 Å². The molecule has 0 bridgehead atoms. The first-order valence-corrected chi connectivity index (χ1v) is 19.5. The topological polar surface area (TPSA) is 145 Å². The Labute approximate surface area is 300 Å². The molecule has 5 aliphatic rings. The molecule has 7 rings (SSSR count). The van der Waals surface area contributed by atoms with E-state index in [9.17, 15) is 23.1 Å². The molecule has 5 heterocycles. The number of aliphatic hydroxyl groups excluding tert-OH is 1. The number of nitrogens with one attached hydrogen (secondary N) is 1. The van der Waals surface area contributed by atoms with Crippen LogP contribution in [0, 0.1) is 5.92 Å². The van der Waals surface area contributed by atoms with E-state index in [4.69, 9.17) is 21.1 Å². The van der Waals surface area contributed by atoms with E-state index >= 15 is 8.78 Å². The Balaban J connectivity index is 0.954. The highest BCUT2D eigenvalue weighted by molar-refractivity contribution is 7.89. The summed E-state index contributed by atoms with van der Waals surface area (Å²) in [6.07, 6.45) is 2.84. The molecule has 2 N–H and O–H groups in total. The molecule has 3 saturated heterocycles. The highest BCUT2D eigenvalue weighted by Crippen LogP contribution is 2.45. The first-order valence-electron chi connectivity index (χ1n) is 17.6. The van der Waals surface area contributed by atoms with Crippen molar-refractivity contribution in [2.24, 2.45) is 5.92 Å². The third kappa shape index (κ3) is 7.34. The van der Waals surface area contributed by atoms with Crippen molar-refractivity contribution >= 4 is 45.1 Å². The van der Waals surface area contributed by atoms with Crippen LogP contribution in [-0.4, -0.2) is 117 Å². The molecule has 1 aromatic carbocycles. The van der Waals surface area contributed by atoms with Gasteiger partial charge in [-0.1, -0.05) is 11.6 Å². The number of fused-ring (bicyclic) bond motifs is 3. The Kier molecular flexibility index (Phi) is 10.3. The number of benzene rings is 1. The van der Waals surface area contributed by atoms with E-state index in [0.717, 1.165) is 32.5 Å². The molecule has 1 aromatic heterocycles. The zero-order valence-corrected chi connectivity index (χ0v) is 29.8. The number of anilines is 2. The number of carbonyl (C=O) groups excluding carboxylic acids is 2. The van der Waals surface area contributed by atoms with E-state index in [0.29, 0.717) is 24.9 Å². The molecule has 51 heavy (non-hydrogen) atoms. The first kappa shape index (κ1) is 36.1. The van der Waals surface area contributed by atoms with Gasteiger partial charge in [0.2, 0.25) is 15.9 Å². The molecular formula is C34H43ClF2N6O7S. The van der Waals surface area contributed by atoms with Gasteiger partial charge in [0.15, 0.2) is 6.10 Å². The summed E-state index contributed by atoms with van der Waals surface area (Å²) in [4.78, 5) is 34.6. The van der Waals surface area contributed by atoms with Crippen molar-refractivity contribution in [3.8, 4) is 5.75 Å². The van der Waals surface area contributed by atoms with E-state index in [-0.39, 0.29) is 91.4 Å². The number of rotatable bonds is 10. The third-order valence-electron chi connectivity index (χ3n) is 10.8. The van der Waals surface area contributed by atoms with Crippen molar-refractivity contribution in [1.29, 1.82) is 0 Å².